The number of fused-ring (bicyclic) bond motifs is 1. The second-order valence-electron chi connectivity index (χ2n) is 7.10. The maximum Gasteiger partial charge on any atom is 0.330 e. The van der Waals surface area contributed by atoms with Gasteiger partial charge in [0.1, 0.15) is 23.8 Å². The zero-order chi connectivity index (χ0) is 21.8. The van der Waals surface area contributed by atoms with E-state index in [0.29, 0.717) is 11.5 Å². The maximum absolute atomic E-state index is 13.0. The first-order valence-electron chi connectivity index (χ1n) is 9.74. The number of nitrogens with one attached hydrogen (secondary N) is 1. The van der Waals surface area contributed by atoms with Gasteiger partial charge in [-0.1, -0.05) is 48.5 Å². The van der Waals surface area contributed by atoms with E-state index in [2.05, 4.69) is 5.32 Å². The Hall–Kier alpha value is -2.65. The minimum absolute atomic E-state index is 0.161. The van der Waals surface area contributed by atoms with Crippen molar-refractivity contribution in [3.05, 3.63) is 66.2 Å². The molecule has 2 fully saturated rings. The third kappa shape index (κ3) is 4.24. The Bertz CT molecular complexity index is 959. The van der Waals surface area contributed by atoms with Gasteiger partial charge in [-0.25, -0.2) is 4.79 Å². The van der Waals surface area contributed by atoms with Crippen molar-refractivity contribution < 1.29 is 23.9 Å². The van der Waals surface area contributed by atoms with Gasteiger partial charge in [-0.2, -0.15) is 0 Å². The van der Waals surface area contributed by atoms with Crippen molar-refractivity contribution in [3.63, 3.8) is 0 Å². The fourth-order valence-corrected chi connectivity index (χ4v) is 6.33. The summed E-state index contributed by atoms with van der Waals surface area (Å²) in [6.07, 6.45) is 1.77. The van der Waals surface area contributed by atoms with E-state index in [1.165, 1.54) is 28.4 Å². The highest BCUT2D eigenvalue weighted by Crippen LogP contribution is 2.50. The molecule has 0 saturated carbocycles. The van der Waals surface area contributed by atoms with Crippen molar-refractivity contribution in [3.8, 4) is 5.75 Å². The lowest BCUT2D eigenvalue weighted by molar-refractivity contribution is -0.164. The third-order valence-corrected chi connectivity index (χ3v) is 7.85. The van der Waals surface area contributed by atoms with Crippen molar-refractivity contribution in [2.45, 2.75) is 22.9 Å². The van der Waals surface area contributed by atoms with Gasteiger partial charge in [0.15, 0.2) is 11.5 Å². The van der Waals surface area contributed by atoms with Gasteiger partial charge in [0, 0.05) is 5.75 Å². The molecule has 2 amide bonds. The molecule has 2 aliphatic heterocycles. The van der Waals surface area contributed by atoms with Gasteiger partial charge in [0.25, 0.3) is 11.8 Å². The molecule has 4 rings (SSSR count). The van der Waals surface area contributed by atoms with Crippen LogP contribution in [-0.4, -0.2) is 57.6 Å². The van der Waals surface area contributed by atoms with E-state index in [9.17, 15) is 14.4 Å². The number of β-lactam (4-membered cyclic amide) rings is 1. The molecule has 31 heavy (non-hydrogen) atoms. The van der Waals surface area contributed by atoms with E-state index in [4.69, 9.17) is 9.47 Å². The monoisotopic (exact) mass is 458 g/mol. The van der Waals surface area contributed by atoms with Crippen LogP contribution in [0, 0.1) is 0 Å². The SMILES string of the molecule is CS[C@@]1(NC(=O)COc2ccccc2)C(=O)N2C(C(=O)OCc3ccccc3)CS[C@H]21. The number of hydrogen-bond donors (Lipinski definition) is 1. The number of nitrogens with zero attached hydrogens (tertiary/aromatic N) is 1. The highest BCUT2D eigenvalue weighted by atomic mass is 32.2. The fraction of sp³-hybridized carbons (Fsp3) is 0.318. The summed E-state index contributed by atoms with van der Waals surface area (Å²) < 4.78 is 10.9. The number of carbonyl (C=O) groups is 3. The first-order chi connectivity index (χ1) is 15.0. The number of para-hydroxylation sites is 1. The molecule has 0 aromatic heterocycles. The summed E-state index contributed by atoms with van der Waals surface area (Å²) in [6, 6.07) is 17.7. The molecule has 1 N–H and O–H groups in total. The van der Waals surface area contributed by atoms with Gasteiger partial charge in [-0.05, 0) is 24.0 Å². The average molecular weight is 459 g/mol. The van der Waals surface area contributed by atoms with E-state index in [1.807, 2.05) is 48.5 Å². The maximum atomic E-state index is 13.0. The smallest absolute Gasteiger partial charge is 0.330 e. The highest BCUT2D eigenvalue weighted by Gasteiger charge is 2.67. The second-order valence-corrected chi connectivity index (χ2v) is 9.26. The number of thioether (sulfide) groups is 2. The summed E-state index contributed by atoms with van der Waals surface area (Å²) in [4.78, 5) is 38.5. The highest BCUT2D eigenvalue weighted by molar-refractivity contribution is 8.05. The summed E-state index contributed by atoms with van der Waals surface area (Å²) in [5.41, 5.74) is 0.886. The summed E-state index contributed by atoms with van der Waals surface area (Å²) in [7, 11) is 0. The van der Waals surface area contributed by atoms with Gasteiger partial charge in [0.05, 0.1) is 0 Å². The summed E-state index contributed by atoms with van der Waals surface area (Å²) >= 11 is 2.74. The number of rotatable bonds is 8. The lowest BCUT2D eigenvalue weighted by Crippen LogP contribution is -2.77. The standard InChI is InChI=1S/C22H22N2O5S2/c1-30-22(23-18(25)13-28-16-10-6-3-7-11-16)20(27)24-17(14-31-21(22)24)19(26)29-12-15-8-4-2-5-9-15/h2-11,17,21H,12-14H2,1H3,(H,23,25)/t17?,21-,22-/m0/s1. The Balaban J connectivity index is 1.34. The van der Waals surface area contributed by atoms with Gasteiger partial charge in [-0.15, -0.1) is 23.5 Å². The number of esters is 1. The quantitative estimate of drug-likeness (QED) is 0.369. The topological polar surface area (TPSA) is 84.9 Å². The molecule has 0 spiro atoms. The van der Waals surface area contributed by atoms with E-state index in [-0.39, 0.29) is 30.4 Å². The Morgan fingerprint density at radius 3 is 2.52 bits per heavy atom. The van der Waals surface area contributed by atoms with Crippen molar-refractivity contribution in [1.82, 2.24) is 10.2 Å². The Kier molecular flexibility index (Phi) is 6.43. The van der Waals surface area contributed by atoms with E-state index >= 15 is 0 Å². The zero-order valence-corrected chi connectivity index (χ0v) is 18.5. The molecule has 162 valence electrons. The van der Waals surface area contributed by atoms with E-state index < -0.39 is 16.9 Å². The normalized spacial score (nSPS) is 24.2. The van der Waals surface area contributed by atoms with E-state index in [1.54, 1.807) is 18.4 Å². The molecule has 2 aromatic rings. The van der Waals surface area contributed by atoms with Gasteiger partial charge in [0.2, 0.25) is 0 Å². The lowest BCUT2D eigenvalue weighted by Gasteiger charge is -2.52. The van der Waals surface area contributed by atoms with E-state index in [0.717, 1.165) is 5.56 Å². The van der Waals surface area contributed by atoms with Crippen molar-refractivity contribution in [1.29, 1.82) is 0 Å². The van der Waals surface area contributed by atoms with Crippen LogP contribution in [-0.2, 0) is 25.7 Å². The molecule has 0 radical (unpaired) electrons. The predicted molar refractivity (Wildman–Crippen MR) is 119 cm³/mol. The molecule has 2 aromatic carbocycles. The van der Waals surface area contributed by atoms with Gasteiger partial charge < -0.3 is 19.7 Å². The first-order valence-corrected chi connectivity index (χ1v) is 12.0. The minimum atomic E-state index is -1.10. The van der Waals surface area contributed by atoms with Crippen molar-refractivity contribution in [2.24, 2.45) is 0 Å². The van der Waals surface area contributed by atoms with Crippen LogP contribution in [0.15, 0.2) is 60.7 Å². The molecule has 2 heterocycles. The van der Waals surface area contributed by atoms with Crippen LogP contribution in [0.3, 0.4) is 0 Å². The number of hydrogen-bond acceptors (Lipinski definition) is 7. The molecular weight excluding hydrogens is 436 g/mol. The summed E-state index contributed by atoms with van der Waals surface area (Å²) in [5, 5.41) is 2.49. The molecule has 2 saturated heterocycles. The van der Waals surface area contributed by atoms with Crippen LogP contribution in [0.4, 0.5) is 0 Å². The van der Waals surface area contributed by atoms with Gasteiger partial charge in [-0.3, -0.25) is 9.59 Å². The molecule has 2 aliphatic rings. The van der Waals surface area contributed by atoms with Gasteiger partial charge >= 0.3 is 5.97 Å². The Morgan fingerprint density at radius 2 is 1.84 bits per heavy atom. The molecule has 0 aliphatic carbocycles. The average Bonchev–Trinajstić information content (AvgIpc) is 3.23. The first kappa shape index (κ1) is 21.6. The Morgan fingerprint density at radius 1 is 1.16 bits per heavy atom. The molecule has 9 heteroatoms. The van der Waals surface area contributed by atoms with Crippen LogP contribution in [0.5, 0.6) is 5.75 Å². The largest absolute Gasteiger partial charge is 0.484 e. The molecule has 1 unspecified atom stereocenters. The predicted octanol–water partition coefficient (Wildman–Crippen LogP) is 2.27. The molecular formula is C22H22N2O5S2. The van der Waals surface area contributed by atoms with Crippen LogP contribution >= 0.6 is 23.5 Å². The van der Waals surface area contributed by atoms with Crippen LogP contribution in [0.25, 0.3) is 0 Å². The van der Waals surface area contributed by atoms with Crippen LogP contribution < -0.4 is 10.1 Å². The van der Waals surface area contributed by atoms with Crippen molar-refractivity contribution in [2.75, 3.05) is 18.6 Å². The molecule has 3 atom stereocenters. The van der Waals surface area contributed by atoms with Crippen molar-refractivity contribution >= 4 is 41.3 Å². The molecule has 7 nitrogen and oxygen atoms in total. The van der Waals surface area contributed by atoms with Crippen LogP contribution in [0.1, 0.15) is 5.56 Å². The summed E-state index contributed by atoms with van der Waals surface area (Å²) in [6.45, 7) is -0.0334. The third-order valence-electron chi connectivity index (χ3n) is 5.16. The number of carbonyl (C=O) groups excluding carboxylic acids is 3. The lowest BCUT2D eigenvalue weighted by atomic mass is 10.0. The summed E-state index contributed by atoms with van der Waals surface area (Å²) in [5.74, 6) is -0.0934. The number of amides is 2. The minimum Gasteiger partial charge on any atom is -0.484 e. The molecule has 0 bridgehead atoms. The number of ether oxygens (including phenoxy) is 2. The second kappa shape index (κ2) is 9.23. The zero-order valence-electron chi connectivity index (χ0n) is 16.9. The fourth-order valence-electron chi connectivity index (χ4n) is 3.57. The Labute approximate surface area is 188 Å². The van der Waals surface area contributed by atoms with Crippen LogP contribution in [0.2, 0.25) is 0 Å². The number of benzene rings is 2.